The predicted molar refractivity (Wildman–Crippen MR) is 108 cm³/mol. The minimum absolute atomic E-state index is 0.173. The summed E-state index contributed by atoms with van der Waals surface area (Å²) in [6.45, 7) is 2.42. The second kappa shape index (κ2) is 7.69. The molecule has 1 fully saturated rings. The molecular weight excluding hydrogens is 367 g/mol. The summed E-state index contributed by atoms with van der Waals surface area (Å²) in [5.41, 5.74) is 2.83. The third kappa shape index (κ3) is 3.70. The first kappa shape index (κ1) is 18.5. The molecule has 5 rings (SSSR count). The summed E-state index contributed by atoms with van der Waals surface area (Å²) in [6.07, 6.45) is 4.02. The quantitative estimate of drug-likeness (QED) is 0.689. The van der Waals surface area contributed by atoms with Crippen molar-refractivity contribution in [3.8, 4) is 0 Å². The van der Waals surface area contributed by atoms with Crippen LogP contribution < -0.4 is 0 Å². The Hall–Kier alpha value is -2.57. The van der Waals surface area contributed by atoms with Crippen LogP contribution in [0.25, 0.3) is 0 Å². The van der Waals surface area contributed by atoms with Gasteiger partial charge in [-0.1, -0.05) is 36.4 Å². The molecule has 1 N–H and O–H groups in total. The molecule has 150 valence electrons. The average molecular weight is 392 g/mol. The van der Waals surface area contributed by atoms with Gasteiger partial charge >= 0.3 is 0 Å². The van der Waals surface area contributed by atoms with Crippen molar-refractivity contribution >= 4 is 0 Å². The standard InChI is InChI=1S/C23H25FN4O/c24-21-8-4-7-19(25-21)18-9-10-22-26-20(15-28(22)14-18)23(29)27-12-11-17(13-27)16-5-2-1-3-6-16/h1-8,15,17-18,23,29H,9-14H2. The number of aromatic nitrogens is 3. The van der Waals surface area contributed by atoms with E-state index in [1.165, 1.54) is 11.6 Å². The highest BCUT2D eigenvalue weighted by molar-refractivity contribution is 5.22. The maximum atomic E-state index is 13.5. The number of hydrogen-bond donors (Lipinski definition) is 1. The maximum Gasteiger partial charge on any atom is 0.213 e. The third-order valence-electron chi connectivity index (χ3n) is 6.27. The SMILES string of the molecule is OC(c1cn2c(n1)CCC(c1cccc(F)n1)C2)N1CCC(c2ccccc2)C1. The Balaban J connectivity index is 1.29. The van der Waals surface area contributed by atoms with Gasteiger partial charge in [-0.25, -0.2) is 9.97 Å². The Bertz CT molecular complexity index is 990. The van der Waals surface area contributed by atoms with Gasteiger partial charge in [-0.3, -0.25) is 4.90 Å². The Kier molecular flexibility index (Phi) is 4.89. The first-order valence-corrected chi connectivity index (χ1v) is 10.3. The van der Waals surface area contributed by atoms with Crippen LogP contribution >= 0.6 is 0 Å². The molecule has 4 heterocycles. The number of aliphatic hydroxyl groups excluding tert-OH is 1. The van der Waals surface area contributed by atoms with E-state index in [1.807, 2.05) is 18.3 Å². The molecule has 2 aliphatic heterocycles. The van der Waals surface area contributed by atoms with Crippen LogP contribution in [0.15, 0.2) is 54.7 Å². The molecule has 0 spiro atoms. The minimum atomic E-state index is -0.687. The fourth-order valence-electron chi connectivity index (χ4n) is 4.68. The average Bonchev–Trinajstić information content (AvgIpc) is 3.41. The lowest BCUT2D eigenvalue weighted by molar-refractivity contribution is 0.0147. The van der Waals surface area contributed by atoms with Crippen molar-refractivity contribution in [2.75, 3.05) is 13.1 Å². The van der Waals surface area contributed by atoms with Crippen molar-refractivity contribution in [2.24, 2.45) is 0 Å². The Morgan fingerprint density at radius 1 is 0.966 bits per heavy atom. The zero-order valence-corrected chi connectivity index (χ0v) is 16.3. The van der Waals surface area contributed by atoms with Gasteiger partial charge in [0.15, 0.2) is 6.23 Å². The first-order chi connectivity index (χ1) is 14.2. The highest BCUT2D eigenvalue weighted by Gasteiger charge is 2.31. The fraction of sp³-hybridized carbons (Fsp3) is 0.391. The lowest BCUT2D eigenvalue weighted by Gasteiger charge is -2.23. The number of halogens is 1. The molecule has 5 nitrogen and oxygen atoms in total. The van der Waals surface area contributed by atoms with Crippen LogP contribution in [-0.2, 0) is 13.0 Å². The zero-order valence-electron chi connectivity index (χ0n) is 16.3. The van der Waals surface area contributed by atoms with Gasteiger partial charge in [0.25, 0.3) is 0 Å². The molecule has 29 heavy (non-hydrogen) atoms. The van der Waals surface area contributed by atoms with E-state index in [1.54, 1.807) is 6.07 Å². The molecule has 0 aliphatic carbocycles. The highest BCUT2D eigenvalue weighted by Crippen LogP contribution is 2.33. The number of fused-ring (bicyclic) bond motifs is 1. The van der Waals surface area contributed by atoms with Crippen LogP contribution in [0.1, 0.15) is 53.7 Å². The second-order valence-electron chi connectivity index (χ2n) is 8.12. The van der Waals surface area contributed by atoms with E-state index >= 15 is 0 Å². The molecule has 3 unspecified atom stereocenters. The molecule has 3 atom stereocenters. The number of likely N-dealkylation sites (tertiary alicyclic amines) is 1. The molecule has 3 aromatic rings. The summed E-state index contributed by atoms with van der Waals surface area (Å²) < 4.78 is 15.6. The summed E-state index contributed by atoms with van der Waals surface area (Å²) in [4.78, 5) is 10.9. The van der Waals surface area contributed by atoms with Crippen LogP contribution in [0.3, 0.4) is 0 Å². The highest BCUT2D eigenvalue weighted by atomic mass is 19.1. The van der Waals surface area contributed by atoms with Crippen molar-refractivity contribution < 1.29 is 9.50 Å². The van der Waals surface area contributed by atoms with Gasteiger partial charge in [-0.05, 0) is 36.5 Å². The molecule has 0 saturated carbocycles. The lowest BCUT2D eigenvalue weighted by Crippen LogP contribution is -2.26. The number of hydrogen-bond acceptors (Lipinski definition) is 4. The molecule has 0 amide bonds. The number of benzene rings is 1. The van der Waals surface area contributed by atoms with Crippen LogP contribution in [0.4, 0.5) is 4.39 Å². The monoisotopic (exact) mass is 392 g/mol. The van der Waals surface area contributed by atoms with Crippen molar-refractivity contribution in [3.05, 3.63) is 83.5 Å². The number of imidazole rings is 1. The number of pyridine rings is 1. The van der Waals surface area contributed by atoms with Crippen LogP contribution in [0.5, 0.6) is 0 Å². The fourth-order valence-corrected chi connectivity index (χ4v) is 4.68. The van der Waals surface area contributed by atoms with Crippen LogP contribution in [-0.4, -0.2) is 37.6 Å². The summed E-state index contributed by atoms with van der Waals surface area (Å²) in [5.74, 6) is 1.18. The number of nitrogens with zero attached hydrogens (tertiary/aromatic N) is 4. The molecule has 0 radical (unpaired) electrons. The van der Waals surface area contributed by atoms with Gasteiger partial charge in [0, 0.05) is 43.9 Å². The lowest BCUT2D eigenvalue weighted by atomic mass is 9.95. The largest absolute Gasteiger partial charge is 0.372 e. The Morgan fingerprint density at radius 3 is 2.66 bits per heavy atom. The van der Waals surface area contributed by atoms with E-state index in [2.05, 4.69) is 38.7 Å². The first-order valence-electron chi connectivity index (χ1n) is 10.3. The number of aryl methyl sites for hydroxylation is 1. The minimum Gasteiger partial charge on any atom is -0.372 e. The van der Waals surface area contributed by atoms with E-state index in [0.29, 0.717) is 11.6 Å². The number of rotatable bonds is 4. The Labute approximate surface area is 169 Å². The summed E-state index contributed by atoms with van der Waals surface area (Å²) >= 11 is 0. The van der Waals surface area contributed by atoms with E-state index in [9.17, 15) is 9.50 Å². The zero-order chi connectivity index (χ0) is 19.8. The van der Waals surface area contributed by atoms with Crippen molar-refractivity contribution in [2.45, 2.75) is 43.9 Å². The molecule has 6 heteroatoms. The summed E-state index contributed by atoms with van der Waals surface area (Å²) in [7, 11) is 0. The van der Waals surface area contributed by atoms with Crippen molar-refractivity contribution in [1.29, 1.82) is 0 Å². The van der Waals surface area contributed by atoms with Crippen molar-refractivity contribution in [3.63, 3.8) is 0 Å². The molecule has 0 bridgehead atoms. The van der Waals surface area contributed by atoms with Crippen LogP contribution in [0, 0.1) is 5.95 Å². The summed E-state index contributed by atoms with van der Waals surface area (Å²) in [6, 6.07) is 15.5. The van der Waals surface area contributed by atoms with Gasteiger partial charge in [0.1, 0.15) is 11.5 Å². The van der Waals surface area contributed by atoms with Gasteiger partial charge in [0.05, 0.1) is 0 Å². The maximum absolute atomic E-state index is 13.5. The molecule has 1 aromatic carbocycles. The topological polar surface area (TPSA) is 54.2 Å². The van der Waals surface area contributed by atoms with E-state index in [0.717, 1.165) is 50.4 Å². The third-order valence-corrected chi connectivity index (χ3v) is 6.27. The molecular formula is C23H25FN4O. The smallest absolute Gasteiger partial charge is 0.213 e. The van der Waals surface area contributed by atoms with E-state index in [4.69, 9.17) is 4.98 Å². The van der Waals surface area contributed by atoms with Gasteiger partial charge in [-0.15, -0.1) is 0 Å². The molecule has 2 aromatic heterocycles. The summed E-state index contributed by atoms with van der Waals surface area (Å²) in [5, 5.41) is 10.9. The van der Waals surface area contributed by atoms with Crippen LogP contribution in [0.2, 0.25) is 0 Å². The van der Waals surface area contributed by atoms with Gasteiger partial charge in [0.2, 0.25) is 5.95 Å². The van der Waals surface area contributed by atoms with E-state index in [-0.39, 0.29) is 5.92 Å². The molecule has 1 saturated heterocycles. The molecule has 2 aliphatic rings. The Morgan fingerprint density at radius 2 is 1.83 bits per heavy atom. The van der Waals surface area contributed by atoms with E-state index < -0.39 is 12.2 Å². The normalized spacial score (nSPS) is 23.1. The van der Waals surface area contributed by atoms with Crippen molar-refractivity contribution in [1.82, 2.24) is 19.4 Å². The number of aliphatic hydroxyl groups is 1. The predicted octanol–water partition coefficient (Wildman–Crippen LogP) is 3.63. The second-order valence-corrected chi connectivity index (χ2v) is 8.12. The van der Waals surface area contributed by atoms with Gasteiger partial charge in [-0.2, -0.15) is 4.39 Å². The van der Waals surface area contributed by atoms with Gasteiger partial charge < -0.3 is 9.67 Å².